The summed E-state index contributed by atoms with van der Waals surface area (Å²) in [6, 6.07) is 7.13. The number of aromatic amines is 1. The molecule has 1 saturated heterocycles. The second-order valence-electron chi connectivity index (χ2n) is 5.88. The molecule has 3 rings (SSSR count). The monoisotopic (exact) mass is 343 g/mol. The van der Waals surface area contributed by atoms with Crippen molar-refractivity contribution in [3.05, 3.63) is 35.5 Å². The van der Waals surface area contributed by atoms with Crippen molar-refractivity contribution >= 4 is 11.9 Å². The Balaban J connectivity index is 1.93. The van der Waals surface area contributed by atoms with Crippen LogP contribution in [-0.4, -0.2) is 76.9 Å². The molecule has 1 aromatic carbocycles. The van der Waals surface area contributed by atoms with Crippen LogP contribution in [0, 0.1) is 0 Å². The molecule has 132 valence electrons. The molecular weight excluding hydrogens is 322 g/mol. The Bertz CT molecular complexity index is 765. The summed E-state index contributed by atoms with van der Waals surface area (Å²) in [6.07, 6.45) is 0. The molecule has 2 heterocycles. The highest BCUT2D eigenvalue weighted by molar-refractivity contribution is 6.03. The Kier molecular flexibility index (Phi) is 5.08. The Labute approximate surface area is 145 Å². The SMILES string of the molecule is CCOC(=O)c1n[nH]nc1-c1ccccc1C(=O)N1CCN(C)CC1. The number of rotatable bonds is 4. The molecule has 1 aromatic heterocycles. The number of piperazine rings is 1. The molecule has 0 bridgehead atoms. The Morgan fingerprint density at radius 3 is 2.60 bits per heavy atom. The lowest BCUT2D eigenvalue weighted by Crippen LogP contribution is -2.47. The predicted molar refractivity (Wildman–Crippen MR) is 91.2 cm³/mol. The molecule has 0 unspecified atom stereocenters. The smallest absolute Gasteiger partial charge is 0.361 e. The van der Waals surface area contributed by atoms with Crippen molar-refractivity contribution < 1.29 is 14.3 Å². The zero-order chi connectivity index (χ0) is 17.8. The van der Waals surface area contributed by atoms with Crippen molar-refractivity contribution in [3.63, 3.8) is 0 Å². The molecule has 0 atom stereocenters. The molecule has 8 heteroatoms. The molecule has 25 heavy (non-hydrogen) atoms. The van der Waals surface area contributed by atoms with E-state index in [2.05, 4.69) is 20.3 Å². The second-order valence-corrected chi connectivity index (χ2v) is 5.88. The van der Waals surface area contributed by atoms with Gasteiger partial charge in [-0.15, -0.1) is 5.10 Å². The van der Waals surface area contributed by atoms with Crippen LogP contribution in [0.3, 0.4) is 0 Å². The number of likely N-dealkylation sites (N-methyl/N-ethyl adjacent to an activating group) is 1. The average molecular weight is 343 g/mol. The fourth-order valence-electron chi connectivity index (χ4n) is 2.82. The number of carbonyl (C=O) groups is 2. The molecule has 2 aromatic rings. The standard InChI is InChI=1S/C17H21N5O3/c1-3-25-17(24)15-14(18-20-19-15)12-6-4-5-7-13(12)16(23)22-10-8-21(2)9-11-22/h4-7H,3,8-11H2,1-2H3,(H,18,19,20). The zero-order valence-corrected chi connectivity index (χ0v) is 14.4. The van der Waals surface area contributed by atoms with E-state index in [1.165, 1.54) is 0 Å². The van der Waals surface area contributed by atoms with E-state index in [-0.39, 0.29) is 18.2 Å². The maximum atomic E-state index is 13.0. The largest absolute Gasteiger partial charge is 0.461 e. The van der Waals surface area contributed by atoms with Gasteiger partial charge in [-0.1, -0.05) is 18.2 Å². The van der Waals surface area contributed by atoms with Crippen LogP contribution in [0.1, 0.15) is 27.8 Å². The lowest BCUT2D eigenvalue weighted by Gasteiger charge is -2.32. The van der Waals surface area contributed by atoms with Crippen LogP contribution >= 0.6 is 0 Å². The van der Waals surface area contributed by atoms with Crippen LogP contribution in [0.5, 0.6) is 0 Å². The molecule has 0 saturated carbocycles. The van der Waals surface area contributed by atoms with Gasteiger partial charge in [-0.3, -0.25) is 4.79 Å². The van der Waals surface area contributed by atoms with Gasteiger partial charge in [0, 0.05) is 37.3 Å². The average Bonchev–Trinajstić information content (AvgIpc) is 3.12. The Hall–Kier alpha value is -2.74. The number of ether oxygens (including phenoxy) is 1. The maximum Gasteiger partial charge on any atom is 0.361 e. The topological polar surface area (TPSA) is 91.4 Å². The van der Waals surface area contributed by atoms with Crippen molar-refractivity contribution in [1.29, 1.82) is 0 Å². The zero-order valence-electron chi connectivity index (χ0n) is 14.4. The van der Waals surface area contributed by atoms with Crippen molar-refractivity contribution in [2.75, 3.05) is 39.8 Å². The third kappa shape index (κ3) is 3.53. The van der Waals surface area contributed by atoms with Crippen molar-refractivity contribution in [2.24, 2.45) is 0 Å². The van der Waals surface area contributed by atoms with Crippen LogP contribution in [0.25, 0.3) is 11.3 Å². The minimum atomic E-state index is -0.562. The molecule has 1 amide bonds. The van der Waals surface area contributed by atoms with Gasteiger partial charge in [0.25, 0.3) is 5.91 Å². The van der Waals surface area contributed by atoms with Gasteiger partial charge in [-0.25, -0.2) is 4.79 Å². The highest BCUT2D eigenvalue weighted by Gasteiger charge is 2.26. The number of aromatic nitrogens is 3. The lowest BCUT2D eigenvalue weighted by molar-refractivity contribution is 0.0519. The van der Waals surface area contributed by atoms with E-state index in [1.54, 1.807) is 31.2 Å². The number of hydrogen-bond donors (Lipinski definition) is 1. The summed E-state index contributed by atoms with van der Waals surface area (Å²) in [5.74, 6) is -0.630. The quantitative estimate of drug-likeness (QED) is 0.834. The van der Waals surface area contributed by atoms with Crippen LogP contribution in [0.15, 0.2) is 24.3 Å². The number of benzene rings is 1. The summed E-state index contributed by atoms with van der Waals surface area (Å²) >= 11 is 0. The first-order valence-corrected chi connectivity index (χ1v) is 8.27. The summed E-state index contributed by atoms with van der Waals surface area (Å²) in [4.78, 5) is 29.0. The van der Waals surface area contributed by atoms with Gasteiger partial charge in [0.1, 0.15) is 5.69 Å². The van der Waals surface area contributed by atoms with Gasteiger partial charge in [-0.05, 0) is 20.0 Å². The molecular formula is C17H21N5O3. The normalized spacial score (nSPS) is 15.2. The molecule has 1 N–H and O–H groups in total. The van der Waals surface area contributed by atoms with Gasteiger partial charge < -0.3 is 14.5 Å². The first kappa shape index (κ1) is 17.1. The molecule has 8 nitrogen and oxygen atoms in total. The van der Waals surface area contributed by atoms with E-state index < -0.39 is 5.97 Å². The highest BCUT2D eigenvalue weighted by atomic mass is 16.5. The van der Waals surface area contributed by atoms with Crippen LogP contribution in [-0.2, 0) is 4.74 Å². The van der Waals surface area contributed by atoms with E-state index in [0.717, 1.165) is 13.1 Å². The van der Waals surface area contributed by atoms with Gasteiger partial charge in [0.15, 0.2) is 5.69 Å². The van der Waals surface area contributed by atoms with Crippen LogP contribution in [0.4, 0.5) is 0 Å². The van der Waals surface area contributed by atoms with Crippen molar-refractivity contribution in [3.8, 4) is 11.3 Å². The number of nitrogens with one attached hydrogen (secondary N) is 1. The van der Waals surface area contributed by atoms with Gasteiger partial charge >= 0.3 is 5.97 Å². The maximum absolute atomic E-state index is 13.0. The Morgan fingerprint density at radius 1 is 1.16 bits per heavy atom. The number of carbonyl (C=O) groups excluding carboxylic acids is 2. The number of hydrogen-bond acceptors (Lipinski definition) is 6. The summed E-state index contributed by atoms with van der Waals surface area (Å²) in [6.45, 7) is 4.99. The molecule has 0 spiro atoms. The number of nitrogens with zero attached hydrogens (tertiary/aromatic N) is 4. The molecule has 0 aliphatic carbocycles. The summed E-state index contributed by atoms with van der Waals surface area (Å²) in [5.41, 5.74) is 1.49. The minimum Gasteiger partial charge on any atom is -0.461 e. The number of esters is 1. The van der Waals surface area contributed by atoms with Gasteiger partial charge in [0.05, 0.1) is 6.61 Å². The van der Waals surface area contributed by atoms with E-state index in [0.29, 0.717) is 29.9 Å². The van der Waals surface area contributed by atoms with Crippen LogP contribution in [0.2, 0.25) is 0 Å². The summed E-state index contributed by atoms with van der Waals surface area (Å²) in [5, 5.41) is 10.4. The van der Waals surface area contributed by atoms with Crippen molar-refractivity contribution in [1.82, 2.24) is 25.2 Å². The predicted octanol–water partition coefficient (Wildman–Crippen LogP) is 1.04. The van der Waals surface area contributed by atoms with Crippen LogP contribution < -0.4 is 0 Å². The fraction of sp³-hybridized carbons (Fsp3) is 0.412. The van der Waals surface area contributed by atoms with E-state index >= 15 is 0 Å². The van der Waals surface area contributed by atoms with Crippen molar-refractivity contribution in [2.45, 2.75) is 6.92 Å². The highest BCUT2D eigenvalue weighted by Crippen LogP contribution is 2.26. The van der Waals surface area contributed by atoms with Gasteiger partial charge in [-0.2, -0.15) is 10.3 Å². The molecule has 1 aliphatic rings. The third-order valence-electron chi connectivity index (χ3n) is 4.22. The number of H-pyrrole nitrogens is 1. The minimum absolute atomic E-state index is 0.0680. The number of amides is 1. The van der Waals surface area contributed by atoms with E-state index in [1.807, 2.05) is 11.9 Å². The molecule has 0 radical (unpaired) electrons. The summed E-state index contributed by atoms with van der Waals surface area (Å²) < 4.78 is 5.01. The Morgan fingerprint density at radius 2 is 1.88 bits per heavy atom. The molecule has 1 aliphatic heterocycles. The van der Waals surface area contributed by atoms with Gasteiger partial charge in [0.2, 0.25) is 0 Å². The fourth-order valence-corrected chi connectivity index (χ4v) is 2.82. The third-order valence-corrected chi connectivity index (χ3v) is 4.22. The first-order valence-electron chi connectivity index (χ1n) is 8.27. The lowest BCUT2D eigenvalue weighted by atomic mass is 10.0. The second kappa shape index (κ2) is 7.43. The molecule has 1 fully saturated rings. The first-order chi connectivity index (χ1) is 12.1. The summed E-state index contributed by atoms with van der Waals surface area (Å²) in [7, 11) is 2.04. The van der Waals surface area contributed by atoms with E-state index in [4.69, 9.17) is 4.74 Å². The van der Waals surface area contributed by atoms with E-state index in [9.17, 15) is 9.59 Å².